The smallest absolute Gasteiger partial charge is 0.245 e. The van der Waals surface area contributed by atoms with Gasteiger partial charge in [-0.3, -0.25) is 57.7 Å². The van der Waals surface area contributed by atoms with Crippen molar-refractivity contribution in [3.63, 3.8) is 0 Å². The van der Waals surface area contributed by atoms with Crippen molar-refractivity contribution in [3.05, 3.63) is 29.8 Å². The van der Waals surface area contributed by atoms with Gasteiger partial charge in [-0.2, -0.15) is 0 Å². The van der Waals surface area contributed by atoms with Gasteiger partial charge in [0.25, 0.3) is 0 Å². The number of primary amides is 1. The second kappa shape index (κ2) is 30.0. The van der Waals surface area contributed by atoms with Gasteiger partial charge in [-0.25, -0.2) is 0 Å². The molecule has 75 heavy (non-hydrogen) atoms. The molecule has 17 N–H and O–H groups in total. The first-order valence-electron chi connectivity index (χ1n) is 25.0. The van der Waals surface area contributed by atoms with Crippen LogP contribution in [0.3, 0.4) is 0 Å². The quantitative estimate of drug-likeness (QED) is 0.0204. The van der Waals surface area contributed by atoms with E-state index in [1.54, 1.807) is 13.8 Å². The van der Waals surface area contributed by atoms with Gasteiger partial charge in [0.05, 0.1) is 13.2 Å². The summed E-state index contributed by atoms with van der Waals surface area (Å²) in [6.07, 6.45) is 1.43. The molecule has 416 valence electrons. The minimum absolute atomic E-state index is 0.0245. The lowest BCUT2D eigenvalue weighted by Crippen LogP contribution is -2.60. The lowest BCUT2D eigenvalue weighted by Gasteiger charge is -2.30. The number of aliphatic imine (C=N–C) groups is 1. The van der Waals surface area contributed by atoms with E-state index in [1.165, 1.54) is 43.0 Å². The summed E-state index contributed by atoms with van der Waals surface area (Å²) in [6, 6.07) is -5.50. The number of aliphatic hydroxyl groups excluding tert-OH is 1. The third kappa shape index (κ3) is 20.7. The normalized spacial score (nSPS) is 17.9. The highest BCUT2D eigenvalue weighted by Crippen LogP contribution is 2.21. The molecule has 2 aliphatic heterocycles. The molecular weight excluding hydrogens is 981 g/mol. The van der Waals surface area contributed by atoms with Crippen LogP contribution in [0.5, 0.6) is 5.75 Å². The Morgan fingerprint density at radius 3 is 1.73 bits per heavy atom. The van der Waals surface area contributed by atoms with Crippen molar-refractivity contribution >= 4 is 70.9 Å². The zero-order chi connectivity index (χ0) is 56.1. The summed E-state index contributed by atoms with van der Waals surface area (Å²) >= 11 is 0. The third-order valence-corrected chi connectivity index (χ3v) is 12.2. The molecule has 1 aromatic carbocycles. The molecule has 1 aromatic rings. The molecule has 9 atom stereocenters. The van der Waals surface area contributed by atoms with E-state index in [2.05, 4.69) is 52.8 Å². The van der Waals surface area contributed by atoms with Crippen molar-refractivity contribution in [1.82, 2.24) is 52.8 Å². The van der Waals surface area contributed by atoms with Gasteiger partial charge in [-0.15, -0.1) is 0 Å². The number of benzene rings is 1. The van der Waals surface area contributed by atoms with Crippen molar-refractivity contribution in [2.24, 2.45) is 34.0 Å². The van der Waals surface area contributed by atoms with Gasteiger partial charge in [0.15, 0.2) is 5.96 Å². The number of rotatable bonds is 29. The molecule has 0 spiro atoms. The van der Waals surface area contributed by atoms with Crippen molar-refractivity contribution in [2.75, 3.05) is 26.2 Å². The maximum absolute atomic E-state index is 14.1. The molecule has 3 rings (SSSR count). The number of guanidine groups is 1. The van der Waals surface area contributed by atoms with Crippen LogP contribution in [-0.4, -0.2) is 167 Å². The van der Waals surface area contributed by atoms with Crippen LogP contribution in [0, 0.1) is 11.8 Å². The van der Waals surface area contributed by atoms with Gasteiger partial charge in [-0.1, -0.05) is 39.8 Å². The predicted molar refractivity (Wildman–Crippen MR) is 271 cm³/mol. The van der Waals surface area contributed by atoms with Crippen LogP contribution in [0.25, 0.3) is 0 Å². The molecule has 0 saturated carbocycles. The molecule has 0 radical (unpaired) electrons. The van der Waals surface area contributed by atoms with Crippen molar-refractivity contribution in [3.8, 4) is 5.75 Å². The Balaban J connectivity index is 1.76. The minimum atomic E-state index is -1.67. The first kappa shape index (κ1) is 61.7. The molecular formula is C48H76N14O13. The average molecular weight is 1060 g/mol. The van der Waals surface area contributed by atoms with Crippen LogP contribution in [0.4, 0.5) is 0 Å². The molecule has 2 fully saturated rings. The van der Waals surface area contributed by atoms with Gasteiger partial charge in [-0.05, 0) is 88.3 Å². The maximum Gasteiger partial charge on any atom is 0.245 e. The number of hydrogen-bond acceptors (Lipinski definition) is 14. The van der Waals surface area contributed by atoms with E-state index in [9.17, 15) is 63.0 Å². The SMILES string of the molecule is CC(C)C[C@H](NC(=O)[C@@H]1CCC(=O)N1)C(=O)N[C@@H](C)C(=O)N[C@@H](CO)C(=O)N[C@@H](Cc1ccc(O)cc1)C(=O)N[C@H](C)C(=O)N[C@@H](CC(C)C)C(=O)N[C@@H](CCCN=C(N)N)C(=O)N1CCC[C@H]1C(=O)NCC(N)=O. The lowest BCUT2D eigenvalue weighted by molar-refractivity contribution is -0.142. The van der Waals surface area contributed by atoms with E-state index >= 15 is 0 Å². The summed E-state index contributed by atoms with van der Waals surface area (Å²) in [5.41, 5.74) is 16.6. The number of carbonyl (C=O) groups is 11. The van der Waals surface area contributed by atoms with Crippen LogP contribution in [0.1, 0.15) is 98.5 Å². The first-order valence-corrected chi connectivity index (χ1v) is 25.0. The number of phenols is 1. The van der Waals surface area contributed by atoms with Crippen LogP contribution in [0.2, 0.25) is 0 Å². The summed E-state index contributed by atoms with van der Waals surface area (Å²) in [5.74, 6) is -8.55. The van der Waals surface area contributed by atoms with E-state index < -0.39 is 127 Å². The van der Waals surface area contributed by atoms with Crippen molar-refractivity contribution in [1.29, 1.82) is 0 Å². The third-order valence-electron chi connectivity index (χ3n) is 12.2. The van der Waals surface area contributed by atoms with Crippen LogP contribution < -0.4 is 65.1 Å². The predicted octanol–water partition coefficient (Wildman–Crippen LogP) is -4.62. The Morgan fingerprint density at radius 2 is 1.20 bits per heavy atom. The van der Waals surface area contributed by atoms with E-state index in [1.807, 2.05) is 13.8 Å². The number of carbonyl (C=O) groups excluding carboxylic acids is 11. The van der Waals surface area contributed by atoms with Gasteiger partial charge in [0.2, 0.25) is 65.0 Å². The number of amides is 11. The maximum atomic E-state index is 14.1. The zero-order valence-electron chi connectivity index (χ0n) is 43.4. The topological polar surface area (TPSA) is 430 Å². The van der Waals surface area contributed by atoms with Gasteiger partial charge >= 0.3 is 0 Å². The number of phenolic OH excluding ortho intramolecular Hbond substituents is 1. The fourth-order valence-electron chi connectivity index (χ4n) is 8.21. The number of aliphatic hydroxyl groups is 1. The zero-order valence-corrected chi connectivity index (χ0v) is 43.4. The number of nitrogens with one attached hydrogen (secondary N) is 9. The van der Waals surface area contributed by atoms with Crippen LogP contribution >= 0.6 is 0 Å². The highest BCUT2D eigenvalue weighted by atomic mass is 16.3. The highest BCUT2D eigenvalue weighted by Gasteiger charge is 2.39. The number of hydrogen-bond donors (Lipinski definition) is 14. The van der Waals surface area contributed by atoms with E-state index in [0.29, 0.717) is 12.0 Å². The summed E-state index contributed by atoms with van der Waals surface area (Å²) < 4.78 is 0. The number of nitrogens with zero attached hydrogens (tertiary/aromatic N) is 2. The Morgan fingerprint density at radius 1 is 0.680 bits per heavy atom. The summed E-state index contributed by atoms with van der Waals surface area (Å²) in [6.45, 7) is 8.72. The number of aromatic hydroxyl groups is 1. The Hall–Kier alpha value is -7.58. The Kier molecular flexibility index (Phi) is 24.6. The summed E-state index contributed by atoms with van der Waals surface area (Å²) in [4.78, 5) is 150. The second-order valence-corrected chi connectivity index (χ2v) is 19.6. The second-order valence-electron chi connectivity index (χ2n) is 19.6. The molecule has 2 heterocycles. The Labute approximate surface area is 435 Å². The fourth-order valence-corrected chi connectivity index (χ4v) is 8.21. The fraction of sp³-hybridized carbons (Fsp3) is 0.625. The number of nitrogens with two attached hydrogens (primary N) is 3. The first-order chi connectivity index (χ1) is 35.3. The van der Waals surface area contributed by atoms with Crippen molar-refractivity contribution < 1.29 is 63.0 Å². The standard InChI is InChI=1S/C48H76N14O13/c1-24(2)19-32(59-41(69)30-15-16-38(66)56-30)42(70)54-27(6)40(68)61-35(23-63)45(73)60-34(21-28-11-13-29(64)14-12-28)43(71)55-26(5)39(67)58-33(20-25(3)4)44(72)57-31(9-7-17-52-48(50)51)47(75)62-18-8-10-36(62)46(74)53-22-37(49)65/h11-14,24-27,30-36,63-64H,7-10,15-23H2,1-6H3,(H2,49,65)(H,53,74)(H,54,70)(H,55,71)(H,56,66)(H,57,72)(H,58,67)(H,59,69)(H,60,73)(H,61,68)(H4,50,51,52)/t26-,27+,30+,31+,32+,33+,34+,35+,36+/m1/s1. The number of likely N-dealkylation sites (tertiary alicyclic amines) is 1. The molecule has 2 aliphatic rings. The average Bonchev–Trinajstić information content (AvgIpc) is 4.02. The van der Waals surface area contributed by atoms with E-state index in [-0.39, 0.29) is 93.9 Å². The molecule has 11 amide bonds. The lowest BCUT2D eigenvalue weighted by atomic mass is 10.0. The van der Waals surface area contributed by atoms with Crippen molar-refractivity contribution in [2.45, 2.75) is 154 Å². The van der Waals surface area contributed by atoms with Crippen LogP contribution in [-0.2, 0) is 59.2 Å². The summed E-state index contributed by atoms with van der Waals surface area (Å²) in [5, 5.41) is 42.9. The molecule has 2 saturated heterocycles. The highest BCUT2D eigenvalue weighted by molar-refractivity contribution is 5.99. The molecule has 0 bridgehead atoms. The van der Waals surface area contributed by atoms with Crippen LogP contribution in [0.15, 0.2) is 29.3 Å². The molecule has 0 aromatic heterocycles. The molecule has 27 nitrogen and oxygen atoms in total. The van der Waals surface area contributed by atoms with Gasteiger partial charge in [0, 0.05) is 25.9 Å². The molecule has 0 aliphatic carbocycles. The molecule has 27 heteroatoms. The minimum Gasteiger partial charge on any atom is -0.508 e. The summed E-state index contributed by atoms with van der Waals surface area (Å²) in [7, 11) is 0. The largest absolute Gasteiger partial charge is 0.508 e. The Bertz CT molecular complexity index is 2240. The van der Waals surface area contributed by atoms with E-state index in [4.69, 9.17) is 17.2 Å². The molecule has 0 unspecified atom stereocenters. The van der Waals surface area contributed by atoms with E-state index in [0.717, 1.165) is 0 Å². The van der Waals surface area contributed by atoms with Gasteiger partial charge in [0.1, 0.15) is 60.1 Å². The monoisotopic (exact) mass is 1060 g/mol. The van der Waals surface area contributed by atoms with Gasteiger partial charge < -0.3 is 80.2 Å².